The van der Waals surface area contributed by atoms with E-state index in [2.05, 4.69) is 58.2 Å². The predicted molar refractivity (Wildman–Crippen MR) is 75.0 cm³/mol. The van der Waals surface area contributed by atoms with Crippen LogP contribution in [0.1, 0.15) is 48.5 Å². The van der Waals surface area contributed by atoms with Gasteiger partial charge >= 0.3 is 50.5 Å². The molecule has 2 heteroatoms. The minimum Gasteiger partial charge on any atom is -0.358 e. The standard InChI is InChI=1S/C9H13.C4H9N.2CH3.Ta/c1-6-5-7(2)9(4)8(6)3;1-4(2,3)5;;;/h5H,1-4H3;1-3H3;2*1H3;/q;;2*-1;. The normalized spacial score (nSPS) is 18.7. The fraction of sp³-hybridized carbons (Fsp3) is 0.533. The maximum Gasteiger partial charge on any atom is -0.0133 e. The molecular formula is C15H28NTa-2. The molecule has 100 valence electrons. The molecule has 0 aromatic heterocycles. The molecule has 0 spiro atoms. The first kappa shape index (κ1) is 22.7. The molecule has 0 saturated heterocycles. The van der Waals surface area contributed by atoms with Gasteiger partial charge in [0.05, 0.1) is 0 Å². The summed E-state index contributed by atoms with van der Waals surface area (Å²) < 4.78 is 4.13. The Kier molecular flexibility index (Phi) is 12.6. The van der Waals surface area contributed by atoms with E-state index < -0.39 is 0 Å². The van der Waals surface area contributed by atoms with Gasteiger partial charge in [-0.25, -0.2) is 0 Å². The third-order valence-electron chi connectivity index (χ3n) is 2.48. The van der Waals surface area contributed by atoms with Gasteiger partial charge < -0.3 is 14.9 Å². The van der Waals surface area contributed by atoms with Crippen molar-refractivity contribution in [2.75, 3.05) is 0 Å². The van der Waals surface area contributed by atoms with Crippen LogP contribution in [0.3, 0.4) is 0 Å². The van der Waals surface area contributed by atoms with Crippen molar-refractivity contribution < 1.29 is 20.9 Å². The Bertz CT molecular complexity index is 184. The van der Waals surface area contributed by atoms with Gasteiger partial charge in [0.25, 0.3) is 0 Å². The fourth-order valence-corrected chi connectivity index (χ4v) is 1.13. The van der Waals surface area contributed by atoms with Crippen molar-refractivity contribution in [1.29, 1.82) is 0 Å². The number of nitrogens with zero attached hydrogens (tertiary/aromatic N) is 1. The quantitative estimate of drug-likeness (QED) is 0.505. The van der Waals surface area contributed by atoms with E-state index in [4.69, 9.17) is 0 Å². The van der Waals surface area contributed by atoms with Crippen LogP contribution in [-0.2, 0) is 20.9 Å². The monoisotopic (exact) mass is 403 g/mol. The molecule has 0 heterocycles. The van der Waals surface area contributed by atoms with Crippen molar-refractivity contribution in [3.05, 3.63) is 44.9 Å². The van der Waals surface area contributed by atoms with Crippen LogP contribution in [0.2, 0.25) is 0 Å². The van der Waals surface area contributed by atoms with E-state index in [0.29, 0.717) is 0 Å². The molecule has 1 aliphatic carbocycles. The van der Waals surface area contributed by atoms with Gasteiger partial charge in [-0.1, -0.05) is 27.7 Å². The van der Waals surface area contributed by atoms with E-state index in [1.165, 1.54) is 23.7 Å². The van der Waals surface area contributed by atoms with Crippen LogP contribution in [0.5, 0.6) is 0 Å². The van der Waals surface area contributed by atoms with Crippen LogP contribution < -0.4 is 0 Å². The summed E-state index contributed by atoms with van der Waals surface area (Å²) in [5.41, 5.74) is 0.216. The van der Waals surface area contributed by atoms with Gasteiger partial charge in [0.2, 0.25) is 0 Å². The van der Waals surface area contributed by atoms with Gasteiger partial charge in [0, 0.05) is 0 Å². The summed E-state index contributed by atoms with van der Waals surface area (Å²) in [5, 5.41) is 0. The average Bonchev–Trinajstić information content (AvgIpc) is 2.33. The van der Waals surface area contributed by atoms with Crippen LogP contribution in [0.4, 0.5) is 0 Å². The van der Waals surface area contributed by atoms with Crippen molar-refractivity contribution in [2.24, 2.45) is 3.34 Å². The minimum absolute atomic E-state index is 0. The zero-order chi connectivity index (χ0) is 12.2. The molecule has 1 rings (SSSR count). The van der Waals surface area contributed by atoms with Gasteiger partial charge in [-0.05, 0) is 30.1 Å². The predicted octanol–water partition coefficient (Wildman–Crippen LogP) is 5.00. The number of hydrogen-bond donors (Lipinski definition) is 0. The first-order valence-electron chi connectivity index (χ1n) is 5.25. The molecule has 0 aromatic carbocycles. The molecule has 1 saturated carbocycles. The van der Waals surface area contributed by atoms with Gasteiger partial charge in [-0.3, -0.25) is 0 Å². The maximum absolute atomic E-state index is 4.13. The third kappa shape index (κ3) is 9.16. The minimum atomic E-state index is 0. The fourth-order valence-electron chi connectivity index (χ4n) is 1.13. The summed E-state index contributed by atoms with van der Waals surface area (Å²) >= 11 is 1.15. The topological polar surface area (TPSA) is 12.4 Å². The Morgan fingerprint density at radius 2 is 1.12 bits per heavy atom. The van der Waals surface area contributed by atoms with Crippen LogP contribution in [0.15, 0.2) is 3.34 Å². The Hall–Kier alpha value is 0.540. The van der Waals surface area contributed by atoms with E-state index in [0.717, 1.165) is 20.9 Å². The molecule has 0 bridgehead atoms. The first-order chi connectivity index (χ1) is 6.69. The van der Waals surface area contributed by atoms with E-state index >= 15 is 0 Å². The van der Waals surface area contributed by atoms with E-state index in [1.54, 1.807) is 0 Å². The SMILES string of the molecule is CC(C)(C)[N]=[Ta].C[C]1[CH][C](C)[C](C)[C]1C.[CH3-].[CH3-]. The Labute approximate surface area is 123 Å². The summed E-state index contributed by atoms with van der Waals surface area (Å²) in [6, 6.07) is 0. The van der Waals surface area contributed by atoms with Crippen molar-refractivity contribution in [2.45, 2.75) is 54.0 Å². The van der Waals surface area contributed by atoms with E-state index in [-0.39, 0.29) is 20.4 Å². The Morgan fingerprint density at radius 3 is 1.18 bits per heavy atom. The smallest absolute Gasteiger partial charge is 0.0133 e. The van der Waals surface area contributed by atoms with Crippen LogP contribution in [0.25, 0.3) is 0 Å². The van der Waals surface area contributed by atoms with Gasteiger partial charge in [-0.15, -0.1) is 0 Å². The number of rotatable bonds is 0. The maximum atomic E-state index is 4.13. The van der Waals surface area contributed by atoms with Gasteiger partial charge in [0.15, 0.2) is 0 Å². The third-order valence-corrected chi connectivity index (χ3v) is 4.63. The molecule has 0 N–H and O–H groups in total. The molecule has 1 aliphatic rings. The molecule has 17 heavy (non-hydrogen) atoms. The van der Waals surface area contributed by atoms with Gasteiger partial charge in [0.1, 0.15) is 0 Å². The molecule has 0 aliphatic heterocycles. The molecule has 5 radical (unpaired) electrons. The molecule has 0 unspecified atom stereocenters. The molecule has 1 fully saturated rings. The number of hydrogen-bond acceptors (Lipinski definition) is 1. The summed E-state index contributed by atoms with van der Waals surface area (Å²) in [6.45, 7) is 15.0. The van der Waals surface area contributed by atoms with Crippen molar-refractivity contribution in [3.63, 3.8) is 0 Å². The van der Waals surface area contributed by atoms with Crippen molar-refractivity contribution in [1.82, 2.24) is 0 Å². The van der Waals surface area contributed by atoms with Crippen molar-refractivity contribution in [3.8, 4) is 0 Å². The average molecular weight is 403 g/mol. The first-order valence-corrected chi connectivity index (χ1v) is 6.69. The second kappa shape index (κ2) is 9.47. The largest absolute Gasteiger partial charge is 0.358 e. The zero-order valence-corrected chi connectivity index (χ0v) is 16.2. The molecular weight excluding hydrogens is 375 g/mol. The van der Waals surface area contributed by atoms with Crippen LogP contribution in [0, 0.1) is 44.9 Å². The molecule has 1 nitrogen and oxygen atoms in total. The molecule has 0 aromatic rings. The van der Waals surface area contributed by atoms with Gasteiger partial charge in [-0.2, -0.15) is 0 Å². The summed E-state index contributed by atoms with van der Waals surface area (Å²) in [4.78, 5) is 0. The van der Waals surface area contributed by atoms with Crippen molar-refractivity contribution >= 4 is 0 Å². The Balaban J connectivity index is -0.000000221. The second-order valence-corrected chi connectivity index (χ2v) is 5.75. The summed E-state index contributed by atoms with van der Waals surface area (Å²) in [7, 11) is 0. The molecule has 0 atom stereocenters. The molecule has 0 amide bonds. The van der Waals surface area contributed by atoms with Crippen LogP contribution >= 0.6 is 0 Å². The van der Waals surface area contributed by atoms with Crippen LogP contribution in [-0.4, -0.2) is 5.54 Å². The zero-order valence-electron chi connectivity index (χ0n) is 13.0. The van der Waals surface area contributed by atoms with E-state index in [9.17, 15) is 0 Å². The summed E-state index contributed by atoms with van der Waals surface area (Å²) in [6.07, 6.45) is 2.24. The summed E-state index contributed by atoms with van der Waals surface area (Å²) in [5.74, 6) is 5.75. The van der Waals surface area contributed by atoms with E-state index in [1.807, 2.05) is 0 Å². The second-order valence-electron chi connectivity index (χ2n) is 5.03. The Morgan fingerprint density at radius 1 is 0.882 bits per heavy atom.